The second kappa shape index (κ2) is 13.7. The Kier molecular flexibility index (Phi) is 10.5. The van der Waals surface area contributed by atoms with Gasteiger partial charge in [-0.15, -0.1) is 24.5 Å². The Bertz CT molecular complexity index is 1840. The van der Waals surface area contributed by atoms with Gasteiger partial charge in [0.05, 0.1) is 16.7 Å². The number of ether oxygens (including phenoxy) is 2. The van der Waals surface area contributed by atoms with Crippen LogP contribution in [-0.4, -0.2) is 56.4 Å². The maximum Gasteiger partial charge on any atom is 0.573 e. The van der Waals surface area contributed by atoms with Crippen LogP contribution in [0.4, 0.5) is 24.5 Å². The highest BCUT2D eigenvalue weighted by Crippen LogP contribution is 2.40. The Morgan fingerprint density at radius 1 is 1.00 bits per heavy atom. The predicted molar refractivity (Wildman–Crippen MR) is 174 cm³/mol. The molecule has 0 aliphatic rings. The molecule has 0 bridgehead atoms. The normalized spacial score (nSPS) is 12.5. The Labute approximate surface area is 273 Å². The topological polar surface area (TPSA) is 117 Å². The largest absolute Gasteiger partial charge is 0.573 e. The van der Waals surface area contributed by atoms with Crippen molar-refractivity contribution in [1.82, 2.24) is 5.06 Å². The molecule has 3 aromatic carbocycles. The number of alkyl halides is 3. The summed E-state index contributed by atoms with van der Waals surface area (Å²) < 4.78 is 77.1. The van der Waals surface area contributed by atoms with Gasteiger partial charge < -0.3 is 20.0 Å². The third-order valence-corrected chi connectivity index (χ3v) is 9.38. The number of halogens is 4. The lowest BCUT2D eigenvalue weighted by molar-refractivity contribution is -0.274. The van der Waals surface area contributed by atoms with Crippen molar-refractivity contribution in [3.05, 3.63) is 81.7 Å². The van der Waals surface area contributed by atoms with Gasteiger partial charge in [-0.3, -0.25) is 9.52 Å². The molecule has 1 aromatic heterocycles. The number of carbonyl (C=O) groups excluding carboxylic acids is 1. The molecule has 4 aromatic rings. The van der Waals surface area contributed by atoms with E-state index >= 15 is 0 Å². The van der Waals surface area contributed by atoms with Gasteiger partial charge in [0.1, 0.15) is 11.5 Å². The van der Waals surface area contributed by atoms with E-state index in [9.17, 15) is 31.6 Å². The van der Waals surface area contributed by atoms with Crippen LogP contribution in [0.5, 0.6) is 11.5 Å². The molecule has 248 valence electrons. The van der Waals surface area contributed by atoms with Gasteiger partial charge in [-0.05, 0) is 85.0 Å². The number of hydroxylamine groups is 2. The van der Waals surface area contributed by atoms with Crippen LogP contribution in [0.1, 0.15) is 48.5 Å². The molecule has 0 aliphatic carbocycles. The summed E-state index contributed by atoms with van der Waals surface area (Å²) in [4.78, 5) is 13.6. The highest BCUT2D eigenvalue weighted by molar-refractivity contribution is 7.92. The molecule has 0 unspecified atom stereocenters. The predicted octanol–water partition coefficient (Wildman–Crippen LogP) is 7.88. The fraction of sp³-hybridized carbons (Fsp3) is 0.323. The van der Waals surface area contributed by atoms with Crippen molar-refractivity contribution in [3.63, 3.8) is 0 Å². The number of fused-ring (bicyclic) bond motifs is 1. The first-order valence-corrected chi connectivity index (χ1v) is 16.8. The summed E-state index contributed by atoms with van der Waals surface area (Å²) >= 11 is 7.65. The van der Waals surface area contributed by atoms with E-state index < -0.39 is 33.5 Å². The maximum atomic E-state index is 13.3. The number of carbonyl (C=O) groups is 1. The molecule has 0 atom stereocenters. The van der Waals surface area contributed by atoms with Crippen LogP contribution in [0, 0.1) is 0 Å². The van der Waals surface area contributed by atoms with E-state index in [1.165, 1.54) is 30.5 Å². The third kappa shape index (κ3) is 9.48. The zero-order valence-corrected chi connectivity index (χ0v) is 27.9. The van der Waals surface area contributed by atoms with Gasteiger partial charge in [0, 0.05) is 46.2 Å². The first-order valence-electron chi connectivity index (χ1n) is 13.9. The molecule has 0 saturated heterocycles. The van der Waals surface area contributed by atoms with E-state index in [2.05, 4.69) is 14.8 Å². The second-order valence-corrected chi connectivity index (χ2v) is 14.7. The molecule has 4 rings (SSSR count). The van der Waals surface area contributed by atoms with Crippen molar-refractivity contribution in [2.24, 2.45) is 0 Å². The lowest BCUT2D eigenvalue weighted by Gasteiger charge is -2.28. The van der Waals surface area contributed by atoms with E-state index in [1.54, 1.807) is 76.2 Å². The van der Waals surface area contributed by atoms with Crippen LogP contribution in [0.2, 0.25) is 5.02 Å². The molecular formula is C31H33ClF3N3O6S2. The standard InChI is InChI=1S/C31H33ClF3N3O6S2/c1-18(2)43-25-14-21(15-26(17-25)44-31(33,34)35)30(3,4)20-12-22(32)16-24(13-20)36-29(39)28-11-19-10-23(6-7-27(19)45-28)37-46(41,42)9-8-38(5)40/h6-7,10-18,37,40H,8-9H2,1-5H3,(H,36,39). The molecule has 1 heterocycles. The fourth-order valence-corrected chi connectivity index (χ4v) is 6.82. The van der Waals surface area contributed by atoms with Crippen molar-refractivity contribution < 1.29 is 41.1 Å². The lowest BCUT2D eigenvalue weighted by Crippen LogP contribution is -2.26. The van der Waals surface area contributed by atoms with Crippen molar-refractivity contribution in [1.29, 1.82) is 0 Å². The van der Waals surface area contributed by atoms with Gasteiger partial charge in [-0.2, -0.15) is 5.06 Å². The van der Waals surface area contributed by atoms with Gasteiger partial charge >= 0.3 is 6.36 Å². The van der Waals surface area contributed by atoms with Gasteiger partial charge in [-0.1, -0.05) is 25.4 Å². The van der Waals surface area contributed by atoms with Crippen LogP contribution >= 0.6 is 22.9 Å². The van der Waals surface area contributed by atoms with Gasteiger partial charge in [0.25, 0.3) is 5.91 Å². The maximum absolute atomic E-state index is 13.3. The van der Waals surface area contributed by atoms with E-state index in [1.807, 2.05) is 0 Å². The minimum absolute atomic E-state index is 0.0742. The van der Waals surface area contributed by atoms with Crippen LogP contribution in [0.25, 0.3) is 10.1 Å². The zero-order valence-electron chi connectivity index (χ0n) is 25.5. The number of benzene rings is 3. The van der Waals surface area contributed by atoms with E-state index in [4.69, 9.17) is 16.3 Å². The number of sulfonamides is 1. The summed E-state index contributed by atoms with van der Waals surface area (Å²) in [5, 5.41) is 13.8. The number of anilines is 2. The van der Waals surface area contributed by atoms with Crippen molar-refractivity contribution in [2.75, 3.05) is 29.4 Å². The molecule has 0 radical (unpaired) electrons. The Morgan fingerprint density at radius 3 is 2.33 bits per heavy atom. The third-order valence-electron chi connectivity index (χ3n) is 6.78. The van der Waals surface area contributed by atoms with Crippen LogP contribution < -0.4 is 19.5 Å². The number of thiophene rings is 1. The lowest BCUT2D eigenvalue weighted by atomic mass is 9.78. The number of rotatable bonds is 12. The SMILES string of the molecule is CC(C)Oc1cc(OC(F)(F)F)cc(C(C)(C)c2cc(Cl)cc(NC(=O)c3cc4cc(NS(=O)(=O)CCN(C)O)ccc4s3)c2)c1. The van der Waals surface area contributed by atoms with Gasteiger partial charge in [0.15, 0.2) is 0 Å². The molecular weight excluding hydrogens is 667 g/mol. The fourth-order valence-electron chi connectivity index (χ4n) is 4.55. The molecule has 3 N–H and O–H groups in total. The number of amides is 1. The summed E-state index contributed by atoms with van der Waals surface area (Å²) in [6.07, 6.45) is -5.19. The second-order valence-electron chi connectivity index (χ2n) is 11.4. The zero-order chi connectivity index (χ0) is 34.0. The summed E-state index contributed by atoms with van der Waals surface area (Å²) in [5.74, 6) is -0.974. The van der Waals surface area contributed by atoms with Gasteiger partial charge in [0.2, 0.25) is 10.0 Å². The summed E-state index contributed by atoms with van der Waals surface area (Å²) in [7, 11) is -2.36. The molecule has 0 saturated carbocycles. The molecule has 15 heteroatoms. The Hall–Kier alpha value is -3.56. The van der Waals surface area contributed by atoms with Crippen LogP contribution in [0.15, 0.2) is 60.7 Å². The number of nitrogens with one attached hydrogen (secondary N) is 2. The van der Waals surface area contributed by atoms with Crippen molar-refractivity contribution in [2.45, 2.75) is 45.6 Å². The number of nitrogens with zero attached hydrogens (tertiary/aromatic N) is 1. The molecule has 1 amide bonds. The first-order chi connectivity index (χ1) is 21.3. The summed E-state index contributed by atoms with van der Waals surface area (Å²) in [5.41, 5.74) is 0.838. The smallest absolute Gasteiger partial charge is 0.491 e. The molecule has 0 aliphatic heterocycles. The average molecular weight is 700 g/mol. The Balaban J connectivity index is 1.59. The highest BCUT2D eigenvalue weighted by atomic mass is 35.5. The molecule has 0 spiro atoms. The van der Waals surface area contributed by atoms with E-state index in [0.717, 1.165) is 9.76 Å². The Morgan fingerprint density at radius 2 is 1.67 bits per heavy atom. The van der Waals surface area contributed by atoms with Crippen molar-refractivity contribution in [3.8, 4) is 11.5 Å². The summed E-state index contributed by atoms with van der Waals surface area (Å²) in [6.45, 7) is 7.04. The van der Waals surface area contributed by atoms with E-state index in [0.29, 0.717) is 37.8 Å². The van der Waals surface area contributed by atoms with Gasteiger partial charge in [-0.25, -0.2) is 8.42 Å². The van der Waals surface area contributed by atoms with Crippen molar-refractivity contribution >= 4 is 60.3 Å². The minimum atomic E-state index is -4.90. The first kappa shape index (κ1) is 35.3. The molecule has 46 heavy (non-hydrogen) atoms. The van der Waals surface area contributed by atoms with Crippen LogP contribution in [0.3, 0.4) is 0 Å². The summed E-state index contributed by atoms with van der Waals surface area (Å²) in [6, 6.07) is 15.5. The quantitative estimate of drug-likeness (QED) is 0.129. The highest BCUT2D eigenvalue weighted by Gasteiger charge is 2.33. The van der Waals surface area contributed by atoms with E-state index in [-0.39, 0.29) is 24.2 Å². The minimum Gasteiger partial charge on any atom is -0.491 e. The molecule has 9 nitrogen and oxygen atoms in total. The number of hydrogen-bond acceptors (Lipinski definition) is 8. The number of hydrogen-bond donors (Lipinski definition) is 3. The van der Waals surface area contributed by atoms with Crippen LogP contribution in [-0.2, 0) is 15.4 Å². The molecule has 0 fully saturated rings. The average Bonchev–Trinajstić information content (AvgIpc) is 3.34. The monoisotopic (exact) mass is 699 g/mol.